The van der Waals surface area contributed by atoms with E-state index in [0.29, 0.717) is 30.3 Å². The van der Waals surface area contributed by atoms with Crippen molar-refractivity contribution in [3.05, 3.63) is 72.9 Å². The maximum absolute atomic E-state index is 12.7. The summed E-state index contributed by atoms with van der Waals surface area (Å²) in [5.41, 5.74) is 0. The molecule has 0 saturated heterocycles. The zero-order chi connectivity index (χ0) is 45.1. The summed E-state index contributed by atoms with van der Waals surface area (Å²) >= 11 is 0. The molecule has 1 N–H and O–H groups in total. The molecule has 0 spiro atoms. The Labute approximate surface area is 372 Å². The number of aliphatic hydroxyl groups excluding tert-OH is 1. The van der Waals surface area contributed by atoms with Crippen molar-refractivity contribution in [3.63, 3.8) is 0 Å². The molecule has 0 aromatic carbocycles. The highest BCUT2D eigenvalue weighted by atomic mass is 31.2. The van der Waals surface area contributed by atoms with E-state index >= 15 is 0 Å². The van der Waals surface area contributed by atoms with Crippen molar-refractivity contribution in [2.45, 2.75) is 187 Å². The Kier molecular flexibility index (Phi) is 39.7. The Morgan fingerprint density at radius 3 is 1.72 bits per heavy atom. The average molecular weight is 878 g/mol. The molecule has 61 heavy (non-hydrogen) atoms. The lowest BCUT2D eigenvalue weighted by atomic mass is 10.1. The molecule has 0 aliphatic rings. The number of carbonyl (C=O) groups is 2. The van der Waals surface area contributed by atoms with Crippen molar-refractivity contribution < 1.29 is 47.2 Å². The standard InChI is InChI=1S/C50H88NO9P/c1-6-8-10-12-14-16-18-20-21-22-23-24-25-27-29-31-33-35-37-41-49(53)57-45-48(46-59-61(55,56)58-44-43-51(3,4)5)60-50(54)42-38-40-47(52)39-36-34-32-30-28-26-19-17-15-13-11-9-7-2/h9,11,15,17,20-21,26,28,32,34,36,39,47-48,52H,6-8,10,12-14,16,18-19,22-25,27,29-31,33,35,37-38,40-46H2,1-5H3/b11-9-,17-15-,21-20-,28-26-,34-32-,39-36+/t47?,48-/m1/s1. The molecule has 0 fully saturated rings. The molecule has 11 heteroatoms. The van der Waals surface area contributed by atoms with Gasteiger partial charge in [-0.15, -0.1) is 0 Å². The number of unbranched alkanes of at least 4 members (excludes halogenated alkanes) is 15. The molecule has 0 aromatic rings. The number of nitrogens with zero attached hydrogens (tertiary/aromatic N) is 1. The van der Waals surface area contributed by atoms with Crippen molar-refractivity contribution >= 4 is 19.8 Å². The Bertz CT molecular complexity index is 1280. The molecule has 0 aromatic heterocycles. The average Bonchev–Trinajstić information content (AvgIpc) is 3.21. The second-order valence-electron chi connectivity index (χ2n) is 16.9. The summed E-state index contributed by atoms with van der Waals surface area (Å²) in [7, 11) is 1.04. The Balaban J connectivity index is 4.49. The first-order chi connectivity index (χ1) is 29.4. The lowest BCUT2D eigenvalue weighted by Gasteiger charge is -2.28. The van der Waals surface area contributed by atoms with Crippen LogP contribution in [0.3, 0.4) is 0 Å². The SMILES string of the molecule is CC/C=C\C/C=C\C/C=C\C/C=C\C=C\C(O)CCCC(=O)O[C@H](COC(=O)CCCCCCCCCCC/C=C\CCCCCCCC)COP(=O)([O-])OCC[N+](C)(C)C. The van der Waals surface area contributed by atoms with Crippen LogP contribution in [0.4, 0.5) is 0 Å². The van der Waals surface area contributed by atoms with Gasteiger partial charge in [0.15, 0.2) is 6.10 Å². The fourth-order valence-corrected chi connectivity index (χ4v) is 6.82. The number of phosphoric ester groups is 1. The Morgan fingerprint density at radius 2 is 1.15 bits per heavy atom. The lowest BCUT2D eigenvalue weighted by molar-refractivity contribution is -0.870. The van der Waals surface area contributed by atoms with Crippen LogP contribution in [0.15, 0.2) is 72.9 Å². The first-order valence-corrected chi connectivity index (χ1v) is 25.2. The van der Waals surface area contributed by atoms with Crippen molar-refractivity contribution in [2.24, 2.45) is 0 Å². The fraction of sp³-hybridized carbons (Fsp3) is 0.720. The predicted octanol–water partition coefficient (Wildman–Crippen LogP) is 12.1. The monoisotopic (exact) mass is 878 g/mol. The second-order valence-corrected chi connectivity index (χ2v) is 18.3. The number of aliphatic hydroxyl groups is 1. The molecular weight excluding hydrogens is 790 g/mol. The normalized spacial score (nSPS) is 14.7. The number of hydrogen-bond acceptors (Lipinski definition) is 9. The lowest BCUT2D eigenvalue weighted by Crippen LogP contribution is -2.37. The molecule has 0 heterocycles. The van der Waals surface area contributed by atoms with Gasteiger partial charge in [0.1, 0.15) is 19.8 Å². The van der Waals surface area contributed by atoms with Gasteiger partial charge in [0, 0.05) is 12.8 Å². The first-order valence-electron chi connectivity index (χ1n) is 23.8. The van der Waals surface area contributed by atoms with Gasteiger partial charge in [-0.25, -0.2) is 0 Å². The van der Waals surface area contributed by atoms with Gasteiger partial charge in [0.25, 0.3) is 7.82 Å². The van der Waals surface area contributed by atoms with Crippen LogP contribution >= 0.6 is 7.82 Å². The third kappa shape index (κ3) is 45.3. The fourth-order valence-electron chi connectivity index (χ4n) is 6.09. The van der Waals surface area contributed by atoms with E-state index in [0.717, 1.165) is 44.9 Å². The summed E-state index contributed by atoms with van der Waals surface area (Å²) in [5.74, 6) is -1.04. The summed E-state index contributed by atoms with van der Waals surface area (Å²) in [4.78, 5) is 37.6. The minimum atomic E-state index is -4.69. The number of likely N-dealkylation sites (N-methyl/N-ethyl adjacent to an activating group) is 1. The number of phosphoric acid groups is 1. The molecule has 0 saturated carbocycles. The summed E-state index contributed by atoms with van der Waals surface area (Å²) in [6, 6.07) is 0. The van der Waals surface area contributed by atoms with E-state index in [-0.39, 0.29) is 26.1 Å². The number of carbonyl (C=O) groups excluding carboxylic acids is 2. The predicted molar refractivity (Wildman–Crippen MR) is 251 cm³/mol. The number of rotatable bonds is 42. The Morgan fingerprint density at radius 1 is 0.623 bits per heavy atom. The van der Waals surface area contributed by atoms with Crippen LogP contribution in [0.25, 0.3) is 0 Å². The molecule has 0 aliphatic carbocycles. The number of quaternary nitrogens is 1. The van der Waals surface area contributed by atoms with Gasteiger partial charge in [-0.2, -0.15) is 0 Å². The van der Waals surface area contributed by atoms with Crippen molar-refractivity contribution in [3.8, 4) is 0 Å². The molecule has 0 rings (SSSR count). The largest absolute Gasteiger partial charge is 0.756 e. The van der Waals surface area contributed by atoms with E-state index in [2.05, 4.69) is 62.5 Å². The van der Waals surface area contributed by atoms with Gasteiger partial charge in [-0.05, 0) is 70.6 Å². The third-order valence-electron chi connectivity index (χ3n) is 9.81. The summed E-state index contributed by atoms with van der Waals surface area (Å²) in [6.45, 7) is 3.87. The first kappa shape index (κ1) is 58.4. The number of allylic oxidation sites excluding steroid dienone is 11. The van der Waals surface area contributed by atoms with Crippen LogP contribution in [0, 0.1) is 0 Å². The van der Waals surface area contributed by atoms with Gasteiger partial charge in [0.05, 0.1) is 33.9 Å². The minimum Gasteiger partial charge on any atom is -0.756 e. The summed E-state index contributed by atoms with van der Waals surface area (Å²) in [5, 5.41) is 10.3. The molecule has 0 amide bonds. The molecular formula is C50H88NO9P. The number of hydrogen-bond donors (Lipinski definition) is 1. The molecule has 0 bridgehead atoms. The molecule has 0 aliphatic heterocycles. The van der Waals surface area contributed by atoms with Gasteiger partial charge in [-0.1, -0.05) is 164 Å². The van der Waals surface area contributed by atoms with Crippen LogP contribution < -0.4 is 4.89 Å². The smallest absolute Gasteiger partial charge is 0.306 e. The summed E-state index contributed by atoms with van der Waals surface area (Å²) in [6.07, 6.45) is 48.2. The van der Waals surface area contributed by atoms with Crippen LogP contribution in [-0.2, 0) is 32.7 Å². The van der Waals surface area contributed by atoms with Crippen LogP contribution in [0.5, 0.6) is 0 Å². The van der Waals surface area contributed by atoms with E-state index < -0.39 is 38.6 Å². The van der Waals surface area contributed by atoms with Crippen molar-refractivity contribution in [1.82, 2.24) is 0 Å². The quantitative estimate of drug-likeness (QED) is 0.0159. The highest BCUT2D eigenvalue weighted by Gasteiger charge is 2.22. The topological polar surface area (TPSA) is 131 Å². The van der Waals surface area contributed by atoms with E-state index in [1.807, 2.05) is 33.3 Å². The molecule has 0 radical (unpaired) electrons. The molecule has 10 nitrogen and oxygen atoms in total. The molecule has 3 atom stereocenters. The molecule has 2 unspecified atom stereocenters. The zero-order valence-corrected chi connectivity index (χ0v) is 40.1. The van der Waals surface area contributed by atoms with Crippen LogP contribution in [0.2, 0.25) is 0 Å². The van der Waals surface area contributed by atoms with Gasteiger partial charge >= 0.3 is 11.9 Å². The summed E-state index contributed by atoms with van der Waals surface area (Å²) < 4.78 is 33.8. The third-order valence-corrected chi connectivity index (χ3v) is 10.8. The highest BCUT2D eigenvalue weighted by molar-refractivity contribution is 7.45. The molecule has 352 valence electrons. The number of esters is 2. The Hall–Kier alpha value is -2.59. The van der Waals surface area contributed by atoms with E-state index in [4.69, 9.17) is 18.5 Å². The van der Waals surface area contributed by atoms with Gasteiger partial charge in [-0.3, -0.25) is 14.2 Å². The van der Waals surface area contributed by atoms with Gasteiger partial charge in [0.2, 0.25) is 0 Å². The van der Waals surface area contributed by atoms with Crippen molar-refractivity contribution in [2.75, 3.05) is 47.5 Å². The maximum Gasteiger partial charge on any atom is 0.306 e. The van der Waals surface area contributed by atoms with E-state index in [1.165, 1.54) is 83.5 Å². The highest BCUT2D eigenvalue weighted by Crippen LogP contribution is 2.38. The zero-order valence-electron chi connectivity index (χ0n) is 39.2. The van der Waals surface area contributed by atoms with Crippen LogP contribution in [-0.4, -0.2) is 81.2 Å². The second kappa shape index (κ2) is 41.4. The minimum absolute atomic E-state index is 0.00887. The van der Waals surface area contributed by atoms with E-state index in [1.54, 1.807) is 12.2 Å². The maximum atomic E-state index is 12.7. The number of ether oxygens (including phenoxy) is 2. The van der Waals surface area contributed by atoms with Crippen molar-refractivity contribution in [1.29, 1.82) is 0 Å². The van der Waals surface area contributed by atoms with Gasteiger partial charge < -0.3 is 33.0 Å². The van der Waals surface area contributed by atoms with E-state index in [9.17, 15) is 24.2 Å². The van der Waals surface area contributed by atoms with Crippen LogP contribution in [0.1, 0.15) is 174 Å².